The van der Waals surface area contributed by atoms with Gasteiger partial charge in [0.05, 0.1) is 25.8 Å². The summed E-state index contributed by atoms with van der Waals surface area (Å²) >= 11 is 0. The van der Waals surface area contributed by atoms with Crippen LogP contribution in [0.5, 0.6) is 0 Å². The number of esters is 1. The van der Waals surface area contributed by atoms with E-state index in [9.17, 15) is 19.2 Å². The number of nitrogens with one attached hydrogen (secondary N) is 2. The summed E-state index contributed by atoms with van der Waals surface area (Å²) in [6, 6.07) is -1.85. The van der Waals surface area contributed by atoms with Crippen molar-refractivity contribution in [1.82, 2.24) is 10.6 Å². The quantitative estimate of drug-likeness (QED) is 0.173. The highest BCUT2D eigenvalue weighted by Gasteiger charge is 2.48. The van der Waals surface area contributed by atoms with Gasteiger partial charge in [-0.15, -0.1) is 0 Å². The lowest BCUT2D eigenvalue weighted by atomic mass is 9.92. The van der Waals surface area contributed by atoms with Gasteiger partial charge in [-0.1, -0.05) is 0 Å². The van der Waals surface area contributed by atoms with Crippen LogP contribution in [0, 0.1) is 0 Å². The molecular formula is C22H34N4O10. The first-order chi connectivity index (χ1) is 16.8. The topological polar surface area (TPSA) is 186 Å². The smallest absolute Gasteiger partial charge is 0.478 e. The van der Waals surface area contributed by atoms with Crippen LogP contribution in [0.4, 0.5) is 9.59 Å². The van der Waals surface area contributed by atoms with Crippen molar-refractivity contribution in [1.29, 1.82) is 0 Å². The van der Waals surface area contributed by atoms with Gasteiger partial charge < -0.3 is 39.5 Å². The Balaban J connectivity index is 2.47. The number of carbonyl (C=O) groups excluding carboxylic acids is 4. The number of nitrogens with two attached hydrogens (primary N) is 1. The lowest BCUT2D eigenvalue weighted by molar-refractivity contribution is -0.151. The molecule has 0 bridgehead atoms. The molecule has 0 radical (unpaired) electrons. The number of rotatable bonds is 8. The monoisotopic (exact) mass is 514 g/mol. The zero-order valence-electron chi connectivity index (χ0n) is 21.2. The molecule has 2 rings (SSSR count). The van der Waals surface area contributed by atoms with E-state index in [1.807, 2.05) is 0 Å². The number of aliphatic imine (C=N–C) groups is 1. The van der Waals surface area contributed by atoms with E-state index >= 15 is 0 Å². The van der Waals surface area contributed by atoms with E-state index in [4.69, 9.17) is 34.2 Å². The fourth-order valence-corrected chi connectivity index (χ4v) is 3.55. The Hall–Kier alpha value is -3.39. The molecule has 5 atom stereocenters. The Morgan fingerprint density at radius 3 is 2.47 bits per heavy atom. The highest BCUT2D eigenvalue weighted by Crippen LogP contribution is 2.29. The lowest BCUT2D eigenvalue weighted by Crippen LogP contribution is -2.60. The Bertz CT molecular complexity index is 898. The van der Waals surface area contributed by atoms with Gasteiger partial charge in [-0.25, -0.2) is 14.4 Å². The van der Waals surface area contributed by atoms with Crippen LogP contribution >= 0.6 is 0 Å². The molecular weight excluding hydrogens is 480 g/mol. The van der Waals surface area contributed by atoms with Crippen molar-refractivity contribution < 1.29 is 47.6 Å². The molecule has 36 heavy (non-hydrogen) atoms. The average Bonchev–Trinajstić information content (AvgIpc) is 3.19. The van der Waals surface area contributed by atoms with Crippen molar-refractivity contribution in [2.45, 2.75) is 70.6 Å². The number of amides is 2. The molecule has 4 N–H and O–H groups in total. The Labute approximate surface area is 208 Å². The number of nitrogens with zero attached hydrogens (tertiary/aromatic N) is 1. The molecule has 202 valence electrons. The Kier molecular flexibility index (Phi) is 10.0. The van der Waals surface area contributed by atoms with Crippen LogP contribution in [0.25, 0.3) is 0 Å². The summed E-state index contributed by atoms with van der Waals surface area (Å²) in [4.78, 5) is 52.8. The van der Waals surface area contributed by atoms with E-state index in [2.05, 4.69) is 15.6 Å². The number of hydrogen-bond donors (Lipinski definition) is 3. The van der Waals surface area contributed by atoms with E-state index in [0.29, 0.717) is 0 Å². The van der Waals surface area contributed by atoms with E-state index < -0.39 is 60.1 Å². The SMILES string of the molecule is COC(=O)C1=C[C@H](N=C(C)NC(=O)OC(C)(C)C)[C@@H](NC(C)=O)[C@H]([C@H](OCCN)[C@H]2COC(=O)O2)O1. The summed E-state index contributed by atoms with van der Waals surface area (Å²) < 4.78 is 31.9. The Morgan fingerprint density at radius 1 is 1.25 bits per heavy atom. The van der Waals surface area contributed by atoms with E-state index in [0.717, 1.165) is 0 Å². The zero-order chi connectivity index (χ0) is 27.0. The van der Waals surface area contributed by atoms with Gasteiger partial charge in [0.25, 0.3) is 0 Å². The largest absolute Gasteiger partial charge is 0.508 e. The number of ether oxygens (including phenoxy) is 6. The zero-order valence-corrected chi connectivity index (χ0v) is 21.2. The molecule has 2 heterocycles. The molecule has 0 spiro atoms. The van der Waals surface area contributed by atoms with E-state index in [1.165, 1.54) is 27.0 Å². The maximum absolute atomic E-state index is 12.4. The average molecular weight is 515 g/mol. The molecule has 14 heteroatoms. The van der Waals surface area contributed by atoms with Crippen molar-refractivity contribution in [3.05, 3.63) is 11.8 Å². The van der Waals surface area contributed by atoms with Crippen LogP contribution in [0.2, 0.25) is 0 Å². The van der Waals surface area contributed by atoms with Gasteiger partial charge in [-0.05, 0) is 33.8 Å². The van der Waals surface area contributed by atoms with Crippen LogP contribution < -0.4 is 16.4 Å². The van der Waals surface area contributed by atoms with Gasteiger partial charge in [0, 0.05) is 13.5 Å². The maximum atomic E-state index is 12.4. The number of hydrogen-bond acceptors (Lipinski definition) is 12. The molecule has 14 nitrogen and oxygen atoms in total. The first kappa shape index (κ1) is 28.8. The maximum Gasteiger partial charge on any atom is 0.508 e. The standard InChI is InChI=1S/C22H34N4O10/c1-11(25-20(29)36-22(3,4)5)24-13-9-14(19(28)31-6)34-18(16(13)26-12(2)27)17(32-8-7-23)15-10-33-21(30)35-15/h9,13,15-18H,7-8,10,23H2,1-6H3,(H,26,27)(H,24,25,29)/t13-,15+,16+,17+,18+/m0/s1. The molecule has 2 aliphatic heterocycles. The van der Waals surface area contributed by atoms with Crippen LogP contribution in [-0.2, 0) is 38.0 Å². The minimum atomic E-state index is -1.10. The summed E-state index contributed by atoms with van der Waals surface area (Å²) in [6.45, 7) is 7.97. The first-order valence-electron chi connectivity index (χ1n) is 11.3. The van der Waals surface area contributed by atoms with Crippen molar-refractivity contribution >= 4 is 30.0 Å². The van der Waals surface area contributed by atoms with Crippen molar-refractivity contribution in [2.75, 3.05) is 26.9 Å². The van der Waals surface area contributed by atoms with Gasteiger partial charge in [0.15, 0.2) is 12.2 Å². The van der Waals surface area contributed by atoms with Gasteiger partial charge in [0.1, 0.15) is 24.1 Å². The number of alkyl carbamates (subject to hydrolysis) is 1. The van der Waals surface area contributed by atoms with Gasteiger partial charge in [0.2, 0.25) is 11.7 Å². The Morgan fingerprint density at radius 2 is 1.94 bits per heavy atom. The van der Waals surface area contributed by atoms with E-state index in [1.54, 1.807) is 20.8 Å². The molecule has 0 aromatic heterocycles. The first-order valence-corrected chi connectivity index (χ1v) is 11.3. The van der Waals surface area contributed by atoms with Crippen LogP contribution in [0.1, 0.15) is 34.6 Å². The predicted octanol–water partition coefficient (Wildman–Crippen LogP) is 0.138. The van der Waals surface area contributed by atoms with Crippen LogP contribution in [-0.4, -0.2) is 92.8 Å². The van der Waals surface area contributed by atoms with Crippen molar-refractivity contribution in [3.63, 3.8) is 0 Å². The predicted molar refractivity (Wildman–Crippen MR) is 124 cm³/mol. The normalized spacial score (nSPS) is 24.9. The highest BCUT2D eigenvalue weighted by molar-refractivity contribution is 5.94. The summed E-state index contributed by atoms with van der Waals surface area (Å²) in [7, 11) is 1.17. The summed E-state index contributed by atoms with van der Waals surface area (Å²) in [5, 5.41) is 5.25. The fourth-order valence-electron chi connectivity index (χ4n) is 3.55. The lowest BCUT2D eigenvalue weighted by Gasteiger charge is -2.40. The molecule has 1 fully saturated rings. The fraction of sp³-hybridized carbons (Fsp3) is 0.682. The second-order valence-corrected chi connectivity index (χ2v) is 9.00. The van der Waals surface area contributed by atoms with Crippen LogP contribution in [0.3, 0.4) is 0 Å². The minimum absolute atomic E-state index is 0.0514. The number of cyclic esters (lactones) is 2. The highest BCUT2D eigenvalue weighted by atomic mass is 16.8. The third kappa shape index (κ3) is 8.37. The van der Waals surface area contributed by atoms with Gasteiger partial charge in [-0.3, -0.25) is 15.1 Å². The molecule has 0 unspecified atom stereocenters. The summed E-state index contributed by atoms with van der Waals surface area (Å²) in [5.41, 5.74) is 4.86. The molecule has 0 aromatic carbocycles. The van der Waals surface area contributed by atoms with Crippen molar-refractivity contribution in [3.8, 4) is 0 Å². The molecule has 0 aliphatic carbocycles. The van der Waals surface area contributed by atoms with Crippen molar-refractivity contribution in [2.24, 2.45) is 10.7 Å². The van der Waals surface area contributed by atoms with Gasteiger partial charge in [-0.2, -0.15) is 0 Å². The number of amidine groups is 1. The summed E-state index contributed by atoms with van der Waals surface area (Å²) in [5.74, 6) is -1.31. The second-order valence-electron chi connectivity index (χ2n) is 9.00. The second kappa shape index (κ2) is 12.5. The van der Waals surface area contributed by atoms with Crippen LogP contribution in [0.15, 0.2) is 16.8 Å². The van der Waals surface area contributed by atoms with E-state index in [-0.39, 0.29) is 31.4 Å². The molecule has 0 aromatic rings. The third-order valence-corrected chi connectivity index (χ3v) is 4.82. The molecule has 2 amide bonds. The molecule has 1 saturated heterocycles. The molecule has 0 saturated carbocycles. The number of methoxy groups -OCH3 is 1. The number of carbonyl (C=O) groups is 4. The molecule has 2 aliphatic rings. The van der Waals surface area contributed by atoms with Gasteiger partial charge >= 0.3 is 18.2 Å². The minimum Gasteiger partial charge on any atom is -0.478 e. The summed E-state index contributed by atoms with van der Waals surface area (Å²) in [6.07, 6.45) is -3.32. The third-order valence-electron chi connectivity index (χ3n) is 4.82.